The van der Waals surface area contributed by atoms with Crippen molar-refractivity contribution < 1.29 is 9.47 Å². The van der Waals surface area contributed by atoms with Gasteiger partial charge >= 0.3 is 0 Å². The van der Waals surface area contributed by atoms with E-state index in [4.69, 9.17) is 14.5 Å². The molecule has 0 radical (unpaired) electrons. The summed E-state index contributed by atoms with van der Waals surface area (Å²) < 4.78 is 15.7. The number of benzene rings is 3. The molecule has 4 rings (SSSR count). The van der Waals surface area contributed by atoms with Gasteiger partial charge in [-0.15, -0.1) is 0 Å². The fraction of sp³-hybridized carbons (Fsp3) is 0.222. The summed E-state index contributed by atoms with van der Waals surface area (Å²) in [6.45, 7) is 4.48. The van der Waals surface area contributed by atoms with E-state index < -0.39 is 0 Å². The van der Waals surface area contributed by atoms with Crippen LogP contribution in [0.2, 0.25) is 0 Å². The fourth-order valence-corrected chi connectivity index (χ4v) is 5.10. The molecule has 0 saturated carbocycles. The Hall–Kier alpha value is -2.49. The molecule has 0 unspecified atom stereocenters. The van der Waals surface area contributed by atoms with Crippen LogP contribution in [0.25, 0.3) is 10.9 Å². The van der Waals surface area contributed by atoms with E-state index in [0.717, 1.165) is 31.0 Å². The predicted octanol–water partition coefficient (Wildman–Crippen LogP) is 7.67. The number of hydrogen-bond acceptors (Lipinski definition) is 5. The third-order valence-corrected chi connectivity index (χ3v) is 7.52. The first-order valence-corrected chi connectivity index (χ1v) is 13.7. The second-order valence-electron chi connectivity index (χ2n) is 8.24. The van der Waals surface area contributed by atoms with Gasteiger partial charge in [0.1, 0.15) is 12.4 Å². The summed E-state index contributed by atoms with van der Waals surface area (Å²) in [7, 11) is 1.59. The predicted molar refractivity (Wildman–Crippen MR) is 155 cm³/mol. The van der Waals surface area contributed by atoms with Gasteiger partial charge in [0.15, 0.2) is 11.5 Å². The van der Waals surface area contributed by atoms with Crippen molar-refractivity contribution in [3.8, 4) is 11.5 Å². The molecular weight excluding hydrogens is 654 g/mol. The van der Waals surface area contributed by atoms with E-state index in [9.17, 15) is 4.79 Å². The van der Waals surface area contributed by atoms with Crippen molar-refractivity contribution >= 4 is 64.9 Å². The van der Waals surface area contributed by atoms with Crippen LogP contribution in [0.1, 0.15) is 43.1 Å². The molecule has 0 spiro atoms. The lowest BCUT2D eigenvalue weighted by molar-refractivity contribution is 0.284. The first kappa shape index (κ1) is 26.6. The first-order chi connectivity index (χ1) is 17.3. The summed E-state index contributed by atoms with van der Waals surface area (Å²) in [6, 6.07) is 17.0. The van der Waals surface area contributed by atoms with Gasteiger partial charge in [0.05, 0.1) is 24.2 Å². The lowest BCUT2D eigenvalue weighted by Crippen LogP contribution is -2.23. The minimum atomic E-state index is -0.208. The summed E-state index contributed by atoms with van der Waals surface area (Å²) in [4.78, 5) is 18.1. The average Bonchev–Trinajstić information content (AvgIpc) is 2.87. The molecule has 36 heavy (non-hydrogen) atoms. The van der Waals surface area contributed by atoms with Gasteiger partial charge in [0, 0.05) is 24.9 Å². The number of ether oxygens (including phenoxy) is 2. The number of methoxy groups -OCH3 is 1. The third-order valence-electron chi connectivity index (χ3n) is 5.79. The van der Waals surface area contributed by atoms with Crippen LogP contribution in [-0.4, -0.2) is 23.0 Å². The van der Waals surface area contributed by atoms with Crippen molar-refractivity contribution in [1.29, 1.82) is 0 Å². The second-order valence-corrected chi connectivity index (χ2v) is 10.9. The Balaban J connectivity index is 1.65. The highest BCUT2D eigenvalue weighted by molar-refractivity contribution is 9.11. The van der Waals surface area contributed by atoms with Gasteiger partial charge in [0.25, 0.3) is 5.56 Å². The molecule has 0 aliphatic rings. The Labute approximate surface area is 234 Å². The minimum absolute atomic E-state index is 0.0612. The molecule has 3 aromatic carbocycles. The summed E-state index contributed by atoms with van der Waals surface area (Å²) in [5.74, 6) is 1.87. The van der Waals surface area contributed by atoms with Crippen LogP contribution in [0.5, 0.6) is 11.5 Å². The summed E-state index contributed by atoms with van der Waals surface area (Å²) in [5.41, 5.74) is 2.23. The molecule has 0 amide bonds. The van der Waals surface area contributed by atoms with Crippen molar-refractivity contribution in [3.63, 3.8) is 0 Å². The van der Waals surface area contributed by atoms with Crippen molar-refractivity contribution in [1.82, 2.24) is 9.66 Å². The number of rotatable bonds is 8. The first-order valence-electron chi connectivity index (χ1n) is 11.3. The molecule has 0 saturated heterocycles. The van der Waals surface area contributed by atoms with Gasteiger partial charge in [-0.1, -0.05) is 67.7 Å². The number of fused-ring (bicyclic) bond motifs is 1. The lowest BCUT2D eigenvalue weighted by atomic mass is 10.1. The summed E-state index contributed by atoms with van der Waals surface area (Å²) in [6.07, 6.45) is 2.47. The maximum absolute atomic E-state index is 13.3. The fourth-order valence-electron chi connectivity index (χ4n) is 3.58. The van der Waals surface area contributed by atoms with Crippen molar-refractivity contribution in [3.05, 3.63) is 95.3 Å². The van der Waals surface area contributed by atoms with Crippen LogP contribution in [0.15, 0.2) is 77.9 Å². The van der Waals surface area contributed by atoms with Gasteiger partial charge < -0.3 is 9.47 Å². The molecule has 0 bridgehead atoms. The maximum Gasteiger partial charge on any atom is 0.282 e. The van der Waals surface area contributed by atoms with Crippen LogP contribution in [-0.2, 0) is 6.61 Å². The van der Waals surface area contributed by atoms with E-state index >= 15 is 0 Å². The molecule has 1 heterocycles. The van der Waals surface area contributed by atoms with Crippen molar-refractivity contribution in [2.75, 3.05) is 7.11 Å². The van der Waals surface area contributed by atoms with Gasteiger partial charge in [0.2, 0.25) is 0 Å². The lowest BCUT2D eigenvalue weighted by Gasteiger charge is -2.14. The highest BCUT2D eigenvalue weighted by atomic mass is 79.9. The number of halogens is 3. The SMILES string of the molecule is CC[C@H](C)c1nc2ccc(Br)cc2c(=O)n1N=Cc1ccc(OCc2ccc(Br)cc2Br)c(OC)c1. The zero-order valence-corrected chi connectivity index (χ0v) is 24.7. The summed E-state index contributed by atoms with van der Waals surface area (Å²) in [5, 5.41) is 5.05. The van der Waals surface area contributed by atoms with E-state index in [1.54, 1.807) is 19.4 Å². The molecule has 0 fully saturated rings. The Morgan fingerprint density at radius 3 is 2.50 bits per heavy atom. The molecule has 0 aliphatic heterocycles. The van der Waals surface area contributed by atoms with Crippen LogP contribution < -0.4 is 15.0 Å². The highest BCUT2D eigenvalue weighted by Crippen LogP contribution is 2.30. The van der Waals surface area contributed by atoms with E-state index in [1.165, 1.54) is 4.68 Å². The van der Waals surface area contributed by atoms with Gasteiger partial charge in [-0.25, -0.2) is 4.98 Å². The molecule has 4 aromatic rings. The topological polar surface area (TPSA) is 65.7 Å². The van der Waals surface area contributed by atoms with E-state index in [0.29, 0.717) is 34.8 Å². The van der Waals surface area contributed by atoms with Gasteiger partial charge in [-0.3, -0.25) is 4.79 Å². The molecule has 9 heteroatoms. The van der Waals surface area contributed by atoms with Crippen molar-refractivity contribution in [2.45, 2.75) is 32.8 Å². The number of nitrogens with zero attached hydrogens (tertiary/aromatic N) is 3. The quantitative estimate of drug-likeness (QED) is 0.180. The maximum atomic E-state index is 13.3. The Bertz CT molecular complexity index is 1500. The second kappa shape index (κ2) is 11.7. The van der Waals surface area contributed by atoms with Crippen LogP contribution in [0.4, 0.5) is 0 Å². The minimum Gasteiger partial charge on any atom is -0.493 e. The molecule has 1 aromatic heterocycles. The largest absolute Gasteiger partial charge is 0.493 e. The molecular formula is C27H24Br3N3O3. The normalized spacial score (nSPS) is 12.3. The van der Waals surface area contributed by atoms with Crippen LogP contribution in [0.3, 0.4) is 0 Å². The zero-order valence-electron chi connectivity index (χ0n) is 20.0. The van der Waals surface area contributed by atoms with Crippen molar-refractivity contribution in [2.24, 2.45) is 5.10 Å². The Kier molecular flexibility index (Phi) is 8.64. The van der Waals surface area contributed by atoms with Gasteiger partial charge in [-0.05, 0) is 60.5 Å². The zero-order chi connectivity index (χ0) is 25.8. The third kappa shape index (κ3) is 5.90. The molecule has 0 N–H and O–H groups in total. The smallest absolute Gasteiger partial charge is 0.282 e. The van der Waals surface area contributed by atoms with Crippen LogP contribution in [0, 0.1) is 0 Å². The highest BCUT2D eigenvalue weighted by Gasteiger charge is 2.16. The van der Waals surface area contributed by atoms with E-state index in [-0.39, 0.29) is 11.5 Å². The molecule has 186 valence electrons. The van der Waals surface area contributed by atoms with E-state index in [1.807, 2.05) is 55.5 Å². The Morgan fingerprint density at radius 1 is 1.03 bits per heavy atom. The van der Waals surface area contributed by atoms with Crippen LogP contribution >= 0.6 is 47.8 Å². The molecule has 6 nitrogen and oxygen atoms in total. The molecule has 1 atom stereocenters. The number of hydrogen-bond donors (Lipinski definition) is 0. The monoisotopic (exact) mass is 675 g/mol. The molecule has 0 aliphatic carbocycles. The van der Waals surface area contributed by atoms with E-state index in [2.05, 4.69) is 59.8 Å². The standard InChI is InChI=1S/C27H24Br3N3O3/c1-4-16(2)26-32-23-9-8-19(28)12-21(23)27(34)33(26)31-14-17-5-10-24(25(11-17)35-3)36-15-18-6-7-20(29)13-22(18)30/h5-14,16H,4,15H2,1-3H3/t16-/m0/s1. The Morgan fingerprint density at radius 2 is 1.78 bits per heavy atom. The average molecular weight is 678 g/mol. The van der Waals surface area contributed by atoms with Gasteiger partial charge in [-0.2, -0.15) is 9.78 Å². The number of aromatic nitrogens is 2. The summed E-state index contributed by atoms with van der Waals surface area (Å²) >= 11 is 10.5.